The van der Waals surface area contributed by atoms with Gasteiger partial charge in [0.15, 0.2) is 0 Å². The molecule has 17 heavy (non-hydrogen) atoms. The predicted molar refractivity (Wildman–Crippen MR) is 72.3 cm³/mol. The summed E-state index contributed by atoms with van der Waals surface area (Å²) >= 11 is 35.3. The SMILES string of the molecule is ClC1C(Cl)C(Cl)C(Cl)C(Cl)C1Cl.O.O.O.O.[Ti]. The molecule has 0 aliphatic heterocycles. The van der Waals surface area contributed by atoms with Crippen molar-refractivity contribution >= 4 is 69.6 Å². The fourth-order valence-electron chi connectivity index (χ4n) is 1.05. The van der Waals surface area contributed by atoms with Gasteiger partial charge >= 0.3 is 0 Å². The third kappa shape index (κ3) is 7.03. The molecule has 11 heteroatoms. The molecule has 8 N–H and O–H groups in total. The topological polar surface area (TPSA) is 126 Å². The zero-order valence-corrected chi connectivity index (χ0v) is 14.3. The van der Waals surface area contributed by atoms with Crippen LogP contribution in [-0.2, 0) is 21.7 Å². The molecule has 0 radical (unpaired) electrons. The van der Waals surface area contributed by atoms with Crippen LogP contribution in [0.25, 0.3) is 0 Å². The van der Waals surface area contributed by atoms with Crippen molar-refractivity contribution in [1.82, 2.24) is 0 Å². The summed E-state index contributed by atoms with van der Waals surface area (Å²) in [7, 11) is 0. The monoisotopic (exact) mass is 408 g/mol. The average molecular weight is 411 g/mol. The Labute approximate surface area is 144 Å². The van der Waals surface area contributed by atoms with E-state index in [4.69, 9.17) is 69.6 Å². The van der Waals surface area contributed by atoms with Crippen molar-refractivity contribution in [3.05, 3.63) is 0 Å². The second-order valence-electron chi connectivity index (χ2n) is 2.67. The summed E-state index contributed by atoms with van der Waals surface area (Å²) in [4.78, 5) is 0. The van der Waals surface area contributed by atoms with Crippen LogP contribution in [0.15, 0.2) is 0 Å². The van der Waals surface area contributed by atoms with Gasteiger partial charge < -0.3 is 21.9 Å². The van der Waals surface area contributed by atoms with Crippen LogP contribution in [0.4, 0.5) is 0 Å². The molecule has 0 saturated heterocycles. The van der Waals surface area contributed by atoms with Crippen molar-refractivity contribution in [1.29, 1.82) is 0 Å². The minimum Gasteiger partial charge on any atom is -0.412 e. The number of alkyl halides is 6. The maximum atomic E-state index is 5.88. The summed E-state index contributed by atoms with van der Waals surface area (Å²) in [5.74, 6) is 0. The van der Waals surface area contributed by atoms with E-state index in [9.17, 15) is 0 Å². The van der Waals surface area contributed by atoms with Crippen molar-refractivity contribution in [3.63, 3.8) is 0 Å². The quantitative estimate of drug-likeness (QED) is 0.403. The summed E-state index contributed by atoms with van der Waals surface area (Å²) in [6, 6.07) is 0. The summed E-state index contributed by atoms with van der Waals surface area (Å²) < 4.78 is 0. The number of hydrogen-bond donors (Lipinski definition) is 0. The molecule has 4 nitrogen and oxygen atoms in total. The number of rotatable bonds is 0. The largest absolute Gasteiger partial charge is 0.412 e. The van der Waals surface area contributed by atoms with Gasteiger partial charge in [-0.15, -0.1) is 69.6 Å². The van der Waals surface area contributed by atoms with Crippen LogP contribution in [0.1, 0.15) is 0 Å². The van der Waals surface area contributed by atoms with Gasteiger partial charge in [-0.1, -0.05) is 0 Å². The Kier molecular flexibility index (Phi) is 24.7. The first-order chi connectivity index (χ1) is 5.46. The summed E-state index contributed by atoms with van der Waals surface area (Å²) in [5, 5.41) is -2.62. The number of halogens is 6. The van der Waals surface area contributed by atoms with Crippen molar-refractivity contribution in [2.75, 3.05) is 0 Å². The molecule has 0 aromatic heterocycles. The van der Waals surface area contributed by atoms with E-state index < -0.39 is 32.3 Å². The summed E-state index contributed by atoms with van der Waals surface area (Å²) in [5.41, 5.74) is 0. The Morgan fingerprint density at radius 2 is 0.412 bits per heavy atom. The molecule has 0 aromatic rings. The van der Waals surface area contributed by atoms with Gasteiger partial charge in [0.05, 0.1) is 32.3 Å². The fourth-order valence-corrected chi connectivity index (χ4v) is 3.38. The van der Waals surface area contributed by atoms with Gasteiger partial charge in [0.1, 0.15) is 0 Å². The zero-order valence-electron chi connectivity index (χ0n) is 8.23. The van der Waals surface area contributed by atoms with Crippen molar-refractivity contribution in [3.8, 4) is 0 Å². The maximum Gasteiger partial charge on any atom is 0.0693 e. The molecule has 0 bridgehead atoms. The molecule has 0 amide bonds. The van der Waals surface area contributed by atoms with E-state index in [0.29, 0.717) is 0 Å². The van der Waals surface area contributed by atoms with E-state index >= 15 is 0 Å². The first kappa shape index (κ1) is 31.6. The van der Waals surface area contributed by atoms with Crippen molar-refractivity contribution in [2.24, 2.45) is 0 Å². The molecule has 1 fully saturated rings. The minimum atomic E-state index is -0.437. The van der Waals surface area contributed by atoms with Gasteiger partial charge in [-0.2, -0.15) is 0 Å². The van der Waals surface area contributed by atoms with Crippen LogP contribution in [0.2, 0.25) is 0 Å². The molecule has 108 valence electrons. The fraction of sp³-hybridized carbons (Fsp3) is 1.00. The van der Waals surface area contributed by atoms with Crippen LogP contribution in [0, 0.1) is 0 Å². The predicted octanol–water partition coefficient (Wildman–Crippen LogP) is 0.343. The molecule has 0 unspecified atom stereocenters. The van der Waals surface area contributed by atoms with Crippen LogP contribution < -0.4 is 0 Å². The summed E-state index contributed by atoms with van der Waals surface area (Å²) in [6.07, 6.45) is 0. The smallest absolute Gasteiger partial charge is 0.0693 e. The second-order valence-corrected chi connectivity index (χ2v) is 5.69. The minimum absolute atomic E-state index is 0. The van der Waals surface area contributed by atoms with Crippen LogP contribution in [0.3, 0.4) is 0 Å². The molecule has 0 spiro atoms. The molecule has 1 aliphatic rings. The van der Waals surface area contributed by atoms with Crippen LogP contribution in [0.5, 0.6) is 0 Å². The Bertz CT molecular complexity index is 122. The van der Waals surface area contributed by atoms with Gasteiger partial charge in [0.2, 0.25) is 0 Å². The first-order valence-electron chi connectivity index (χ1n) is 3.31. The standard InChI is InChI=1S/C6H6Cl6.4H2O.Ti/c7-1-2(8)4(10)6(12)5(11)3(1)9;;;;;/h1-6H;4*1H2;. The molecule has 0 heterocycles. The molecule has 1 rings (SSSR count). The Balaban J connectivity index is -0.0000000960. The molecular weight excluding hydrogens is 397 g/mol. The van der Waals surface area contributed by atoms with Gasteiger partial charge in [-0.3, -0.25) is 0 Å². The molecular formula is C6H14Cl6O4Ti. The van der Waals surface area contributed by atoms with Crippen molar-refractivity contribution < 1.29 is 43.6 Å². The van der Waals surface area contributed by atoms with Gasteiger partial charge in [-0.25, -0.2) is 0 Å². The van der Waals surface area contributed by atoms with Crippen molar-refractivity contribution in [2.45, 2.75) is 32.3 Å². The van der Waals surface area contributed by atoms with E-state index in [1.54, 1.807) is 0 Å². The first-order valence-corrected chi connectivity index (χ1v) is 5.93. The molecule has 1 aliphatic carbocycles. The Morgan fingerprint density at radius 1 is 0.353 bits per heavy atom. The average Bonchev–Trinajstić information content (AvgIpc) is 2.08. The van der Waals surface area contributed by atoms with E-state index in [2.05, 4.69) is 0 Å². The van der Waals surface area contributed by atoms with E-state index in [1.165, 1.54) is 0 Å². The summed E-state index contributed by atoms with van der Waals surface area (Å²) in [6.45, 7) is 0. The molecule has 1 saturated carbocycles. The number of hydrogen-bond acceptors (Lipinski definition) is 0. The van der Waals surface area contributed by atoms with Gasteiger partial charge in [-0.05, 0) is 0 Å². The van der Waals surface area contributed by atoms with E-state index in [0.717, 1.165) is 0 Å². The van der Waals surface area contributed by atoms with Crippen LogP contribution >= 0.6 is 69.6 Å². The van der Waals surface area contributed by atoms with Gasteiger partial charge in [0, 0.05) is 21.7 Å². The normalized spacial score (nSPS) is 39.2. The van der Waals surface area contributed by atoms with Gasteiger partial charge in [0.25, 0.3) is 0 Å². The molecule has 0 aromatic carbocycles. The van der Waals surface area contributed by atoms with Crippen LogP contribution in [-0.4, -0.2) is 54.2 Å². The zero-order chi connectivity index (χ0) is 9.46. The third-order valence-corrected chi connectivity index (χ3v) is 5.86. The Hall–Kier alpha value is 2.29. The second kappa shape index (κ2) is 13.3. The Morgan fingerprint density at radius 3 is 0.471 bits per heavy atom. The van der Waals surface area contributed by atoms with E-state index in [1.807, 2.05) is 0 Å². The molecule has 0 atom stereocenters. The maximum absolute atomic E-state index is 5.88. The third-order valence-electron chi connectivity index (χ3n) is 1.83. The van der Waals surface area contributed by atoms with E-state index in [-0.39, 0.29) is 43.6 Å².